The molecule has 1 N–H and O–H groups in total. The Labute approximate surface area is 103 Å². The van der Waals surface area contributed by atoms with Crippen molar-refractivity contribution in [3.63, 3.8) is 0 Å². The molecule has 92 valence electrons. The zero-order valence-corrected chi connectivity index (χ0v) is 10.5. The highest BCUT2D eigenvalue weighted by Crippen LogP contribution is 2.16. The molecule has 0 aromatic heterocycles. The maximum absolute atomic E-state index is 10.5. The highest BCUT2D eigenvalue weighted by Gasteiger charge is 2.01. The summed E-state index contributed by atoms with van der Waals surface area (Å²) in [5, 5.41) is 8.66. The van der Waals surface area contributed by atoms with E-state index in [1.165, 1.54) is 5.57 Å². The average Bonchev–Trinajstić information content (AvgIpc) is 2.20. The number of rotatable bonds is 5. The van der Waals surface area contributed by atoms with Crippen LogP contribution >= 0.6 is 0 Å². The van der Waals surface area contributed by atoms with E-state index in [9.17, 15) is 4.79 Å². The van der Waals surface area contributed by atoms with Gasteiger partial charge in [0.15, 0.2) is 0 Å². The molecule has 0 saturated carbocycles. The highest BCUT2D eigenvalue weighted by atomic mass is 16.4. The predicted octanol–water partition coefficient (Wildman–Crippen LogP) is 3.88. The van der Waals surface area contributed by atoms with E-state index in [1.54, 1.807) is 0 Å². The van der Waals surface area contributed by atoms with Crippen LogP contribution in [0.4, 0.5) is 0 Å². The molecule has 2 heteroatoms. The molecule has 0 bridgehead atoms. The van der Waals surface area contributed by atoms with Crippen molar-refractivity contribution in [1.29, 1.82) is 0 Å². The molecule has 1 aliphatic rings. The predicted molar refractivity (Wildman–Crippen MR) is 70.8 cm³/mol. The summed E-state index contributed by atoms with van der Waals surface area (Å²) in [6.07, 6.45) is 14.0. The Morgan fingerprint density at radius 1 is 1.18 bits per heavy atom. The van der Waals surface area contributed by atoms with Crippen LogP contribution in [0.3, 0.4) is 0 Å². The second kappa shape index (κ2) is 6.89. The molecule has 0 fully saturated rings. The zero-order valence-electron chi connectivity index (χ0n) is 10.5. The smallest absolute Gasteiger partial charge is 0.303 e. The molecular weight excluding hydrogens is 212 g/mol. The van der Waals surface area contributed by atoms with Gasteiger partial charge in [-0.3, -0.25) is 4.79 Å². The lowest BCUT2D eigenvalue weighted by Gasteiger charge is -2.07. The largest absolute Gasteiger partial charge is 0.481 e. The monoisotopic (exact) mass is 232 g/mol. The molecule has 1 aliphatic carbocycles. The van der Waals surface area contributed by atoms with E-state index >= 15 is 0 Å². The van der Waals surface area contributed by atoms with Gasteiger partial charge >= 0.3 is 5.97 Å². The van der Waals surface area contributed by atoms with Crippen LogP contribution in [-0.4, -0.2) is 11.1 Å². The van der Waals surface area contributed by atoms with Crippen LogP contribution in [0.1, 0.15) is 33.1 Å². The second-order valence-electron chi connectivity index (χ2n) is 4.69. The van der Waals surface area contributed by atoms with Gasteiger partial charge in [0.1, 0.15) is 0 Å². The Morgan fingerprint density at radius 3 is 2.35 bits per heavy atom. The van der Waals surface area contributed by atoms with Crippen LogP contribution in [0.2, 0.25) is 0 Å². The maximum atomic E-state index is 10.5. The van der Waals surface area contributed by atoms with Crippen molar-refractivity contribution in [3.8, 4) is 0 Å². The van der Waals surface area contributed by atoms with Gasteiger partial charge in [0.2, 0.25) is 0 Å². The molecule has 0 aromatic rings. The second-order valence-corrected chi connectivity index (χ2v) is 4.69. The first kappa shape index (κ1) is 13.5. The number of carbonyl (C=O) groups is 1. The topological polar surface area (TPSA) is 37.3 Å². The number of carboxylic acid groups (broad SMARTS) is 1. The van der Waals surface area contributed by atoms with Crippen molar-refractivity contribution in [3.05, 3.63) is 47.6 Å². The molecule has 0 radical (unpaired) electrons. The van der Waals surface area contributed by atoms with E-state index in [4.69, 9.17) is 5.11 Å². The summed E-state index contributed by atoms with van der Waals surface area (Å²) >= 11 is 0. The Morgan fingerprint density at radius 2 is 1.76 bits per heavy atom. The summed E-state index contributed by atoms with van der Waals surface area (Å²) in [6, 6.07) is 0. The lowest BCUT2D eigenvalue weighted by molar-refractivity contribution is -0.136. The molecule has 0 heterocycles. The van der Waals surface area contributed by atoms with Crippen molar-refractivity contribution >= 4 is 5.97 Å². The van der Waals surface area contributed by atoms with Gasteiger partial charge in [-0.2, -0.15) is 0 Å². The summed E-state index contributed by atoms with van der Waals surface area (Å²) in [4.78, 5) is 10.5. The third kappa shape index (κ3) is 5.91. The number of carboxylic acids is 1. The van der Waals surface area contributed by atoms with Gasteiger partial charge in [-0.05, 0) is 29.9 Å². The van der Waals surface area contributed by atoms with Crippen molar-refractivity contribution in [1.82, 2.24) is 0 Å². The third-order valence-corrected chi connectivity index (χ3v) is 2.51. The van der Waals surface area contributed by atoms with Gasteiger partial charge in [-0.1, -0.05) is 50.3 Å². The summed E-state index contributed by atoms with van der Waals surface area (Å²) in [6.45, 7) is 4.39. The SMILES string of the molecule is CC(C)CC1=CC=C(CCC(=O)O)C=CC=C1. The molecule has 0 spiro atoms. The molecular formula is C15H20O2. The molecule has 0 atom stereocenters. The quantitative estimate of drug-likeness (QED) is 0.781. The third-order valence-electron chi connectivity index (χ3n) is 2.51. The summed E-state index contributed by atoms with van der Waals surface area (Å²) in [5.74, 6) is -0.117. The lowest BCUT2D eigenvalue weighted by Crippen LogP contribution is -1.95. The first-order chi connectivity index (χ1) is 8.08. The fourth-order valence-electron chi connectivity index (χ4n) is 1.71. The number of allylic oxidation sites excluding steroid dienone is 8. The van der Waals surface area contributed by atoms with Gasteiger partial charge in [-0.25, -0.2) is 0 Å². The van der Waals surface area contributed by atoms with E-state index in [2.05, 4.69) is 26.0 Å². The zero-order chi connectivity index (χ0) is 12.7. The van der Waals surface area contributed by atoms with Crippen molar-refractivity contribution in [2.75, 3.05) is 0 Å². The molecule has 0 amide bonds. The Bertz CT molecular complexity index is 382. The fourth-order valence-corrected chi connectivity index (χ4v) is 1.71. The van der Waals surface area contributed by atoms with Gasteiger partial charge in [0, 0.05) is 6.42 Å². The standard InChI is InChI=1S/C15H20O2/c1-12(2)11-14-6-4-3-5-13(7-8-14)9-10-15(16)17/h3-8,12H,9-11H2,1-2H3,(H,16,17). The summed E-state index contributed by atoms with van der Waals surface area (Å²) in [7, 11) is 0. The molecule has 2 nitrogen and oxygen atoms in total. The lowest BCUT2D eigenvalue weighted by atomic mass is 9.99. The van der Waals surface area contributed by atoms with Crippen LogP contribution in [0.15, 0.2) is 47.6 Å². The molecule has 0 aromatic carbocycles. The van der Waals surface area contributed by atoms with Crippen LogP contribution in [-0.2, 0) is 4.79 Å². The highest BCUT2D eigenvalue weighted by molar-refractivity contribution is 5.67. The van der Waals surface area contributed by atoms with E-state index in [-0.39, 0.29) is 6.42 Å². The Hall–Kier alpha value is -1.57. The summed E-state index contributed by atoms with van der Waals surface area (Å²) < 4.78 is 0. The minimum Gasteiger partial charge on any atom is -0.481 e. The van der Waals surface area contributed by atoms with Gasteiger partial charge in [0.25, 0.3) is 0 Å². The number of aliphatic carboxylic acids is 1. The fraction of sp³-hybridized carbons (Fsp3) is 0.400. The number of hydrogen-bond donors (Lipinski definition) is 1. The Kier molecular flexibility index (Phi) is 5.47. The van der Waals surface area contributed by atoms with Gasteiger partial charge < -0.3 is 5.11 Å². The normalized spacial score (nSPS) is 15.2. The minimum absolute atomic E-state index is 0.188. The van der Waals surface area contributed by atoms with Crippen LogP contribution < -0.4 is 0 Å². The molecule has 0 saturated heterocycles. The van der Waals surface area contributed by atoms with Gasteiger partial charge in [0.05, 0.1) is 0 Å². The molecule has 1 rings (SSSR count). The van der Waals surface area contributed by atoms with Crippen LogP contribution in [0, 0.1) is 5.92 Å². The summed E-state index contributed by atoms with van der Waals surface area (Å²) in [5.41, 5.74) is 2.36. The van der Waals surface area contributed by atoms with Crippen molar-refractivity contribution in [2.24, 2.45) is 5.92 Å². The Balaban J connectivity index is 2.69. The first-order valence-electron chi connectivity index (χ1n) is 6.04. The van der Waals surface area contributed by atoms with Gasteiger partial charge in [-0.15, -0.1) is 0 Å². The molecule has 0 unspecified atom stereocenters. The van der Waals surface area contributed by atoms with Crippen LogP contribution in [0.5, 0.6) is 0 Å². The van der Waals surface area contributed by atoms with E-state index in [1.807, 2.05) is 24.3 Å². The van der Waals surface area contributed by atoms with E-state index in [0.717, 1.165) is 12.0 Å². The molecule has 17 heavy (non-hydrogen) atoms. The number of hydrogen-bond acceptors (Lipinski definition) is 1. The van der Waals surface area contributed by atoms with E-state index < -0.39 is 5.97 Å². The average molecular weight is 232 g/mol. The van der Waals surface area contributed by atoms with E-state index in [0.29, 0.717) is 12.3 Å². The van der Waals surface area contributed by atoms with Crippen molar-refractivity contribution in [2.45, 2.75) is 33.1 Å². The first-order valence-corrected chi connectivity index (χ1v) is 6.04. The molecule has 0 aliphatic heterocycles. The maximum Gasteiger partial charge on any atom is 0.303 e. The minimum atomic E-state index is -0.747. The van der Waals surface area contributed by atoms with Crippen molar-refractivity contribution < 1.29 is 9.90 Å². The van der Waals surface area contributed by atoms with Crippen LogP contribution in [0.25, 0.3) is 0 Å².